The fraction of sp³-hybridized carbons (Fsp3) is 0.394. The molecule has 0 unspecified atom stereocenters. The predicted octanol–water partition coefficient (Wildman–Crippen LogP) is 29.6. The van der Waals surface area contributed by atoms with E-state index in [0.29, 0.717) is 28.0 Å². The number of carbonyl (C=O) groups is 2. The van der Waals surface area contributed by atoms with Crippen LogP contribution in [0.4, 0.5) is 0 Å². The van der Waals surface area contributed by atoms with E-state index >= 15 is 0 Å². The molecule has 18 heteroatoms. The number of furan rings is 1. The van der Waals surface area contributed by atoms with Gasteiger partial charge in [-0.1, -0.05) is 282 Å². The highest BCUT2D eigenvalue weighted by atomic mass is 32.1. The number of aromatic nitrogens is 9. The second-order valence-electron chi connectivity index (χ2n) is 32.4. The van der Waals surface area contributed by atoms with Crippen LogP contribution in [-0.4, -0.2) is 68.1 Å². The van der Waals surface area contributed by atoms with Gasteiger partial charge in [-0.25, -0.2) is 4.98 Å². The number of aryl methyl sites for hydroxylation is 1. The van der Waals surface area contributed by atoms with E-state index < -0.39 is 0 Å². The summed E-state index contributed by atoms with van der Waals surface area (Å²) < 4.78 is 18.0. The molecule has 6 aromatic carbocycles. The van der Waals surface area contributed by atoms with Crippen molar-refractivity contribution < 1.29 is 22.9 Å². The van der Waals surface area contributed by atoms with Crippen LogP contribution in [0.3, 0.4) is 0 Å². The first-order chi connectivity index (χ1) is 55.4. The van der Waals surface area contributed by atoms with Crippen LogP contribution in [0.2, 0.25) is 0 Å². The number of imide groups is 1. The number of aromatic amines is 3. The van der Waals surface area contributed by atoms with Gasteiger partial charge in [-0.15, -0.1) is 22.7 Å². The van der Waals surface area contributed by atoms with Crippen LogP contribution in [0.1, 0.15) is 226 Å². The maximum absolute atomic E-state index is 11.8. The van der Waals surface area contributed by atoms with Gasteiger partial charge < -0.3 is 22.9 Å². The zero-order chi connectivity index (χ0) is 88.5. The Hall–Kier alpha value is -10.6. The molecular weight excluding hydrogens is 1490 g/mol. The Bertz CT molecular complexity index is 4240. The molecule has 0 fully saturated rings. The number of nitrogens with one attached hydrogen (secondary N) is 3. The molecule has 0 atom stereocenters. The average Bonchev–Trinajstić information content (AvgIpc) is 1.62. The van der Waals surface area contributed by atoms with E-state index in [4.69, 9.17) is 8.83 Å². The minimum Gasteiger partial charge on any atom is -0.464 e. The molecule has 0 bridgehead atoms. The van der Waals surface area contributed by atoms with Crippen molar-refractivity contribution in [2.24, 2.45) is 54.4 Å². The molecule has 638 valence electrons. The molecule has 117 heavy (non-hydrogen) atoms. The van der Waals surface area contributed by atoms with Crippen LogP contribution in [0, 0.1) is 47.3 Å². The minimum absolute atomic E-state index is 0.00634. The van der Waals surface area contributed by atoms with Gasteiger partial charge in [0, 0.05) is 82.6 Å². The van der Waals surface area contributed by atoms with Gasteiger partial charge in [-0.05, 0) is 168 Å². The molecule has 0 radical (unpaired) electrons. The summed E-state index contributed by atoms with van der Waals surface area (Å²) in [5.41, 5.74) is 5.14. The summed E-state index contributed by atoms with van der Waals surface area (Å²) in [7, 11) is 2.06. The third kappa shape index (κ3) is 58.9. The maximum Gasteiger partial charge on any atom is 0.261 e. The molecule has 0 spiro atoms. The van der Waals surface area contributed by atoms with Crippen LogP contribution in [0.5, 0.6) is 0 Å². The molecule has 3 N–H and O–H groups in total. The van der Waals surface area contributed by atoms with Crippen LogP contribution in [0.25, 0.3) is 53.8 Å². The fourth-order valence-corrected chi connectivity index (χ4v) is 9.26. The standard InChI is InChI=1S/C11H11NO2.C9H9N.C9H6O2.C8H7N.C8H6O.C8H6S.C6H9NS.8C4H10.C3H4N2.C3H3NO.C2H3N3/c1-7(2)12-10(13)8-5-3-4-6-9(8)11(12)14;1-10-7-6-8-4-2-3-5-9(8)10;10-8-5-6-11-9-4-2-1-3-7(8)9;3*1-2-4-8-7(3-1)5-6-9-8;1-5(2)6-7-3-4-8-6;8*1-4(2)3;3*1-2-4-5-3-1/h3-7H,1-2H3;2-7H,1H3;1-6H;1-6,9H;2*1-6H;3-5H,1-2H3;8*4H,1-3H3;1-3H,(H,4,5);1-3H;1-2H,(H,3,4,5). The normalized spacial score (nSPS) is 10.2. The lowest BCUT2D eigenvalue weighted by Gasteiger charge is -2.17. The molecule has 1 aliphatic heterocycles. The first-order valence-corrected chi connectivity index (χ1v) is 42.5. The highest BCUT2D eigenvalue weighted by molar-refractivity contribution is 7.17. The summed E-state index contributed by atoms with van der Waals surface area (Å²) in [5.74, 6) is 6.90. The Morgan fingerprint density at radius 1 is 0.376 bits per heavy atom. The van der Waals surface area contributed by atoms with Gasteiger partial charge in [0.1, 0.15) is 17.4 Å². The van der Waals surface area contributed by atoms with Gasteiger partial charge >= 0.3 is 0 Å². The molecule has 2 amide bonds. The van der Waals surface area contributed by atoms with Crippen molar-refractivity contribution in [3.05, 3.63) is 294 Å². The molecule has 16 nitrogen and oxygen atoms in total. The quantitative estimate of drug-likeness (QED) is 0.139. The van der Waals surface area contributed by atoms with Crippen molar-refractivity contribution in [3.63, 3.8) is 0 Å². The number of benzene rings is 6. The highest BCUT2D eigenvalue weighted by Gasteiger charge is 2.36. The summed E-state index contributed by atoms with van der Waals surface area (Å²) in [6.07, 6.45) is 18.7. The summed E-state index contributed by atoms with van der Waals surface area (Å²) >= 11 is 3.51. The minimum atomic E-state index is -0.180. The van der Waals surface area contributed by atoms with E-state index in [1.807, 2.05) is 92.3 Å². The Morgan fingerprint density at radius 3 is 1.25 bits per heavy atom. The Labute approximate surface area is 710 Å². The largest absolute Gasteiger partial charge is 0.464 e. The lowest BCUT2D eigenvalue weighted by Crippen LogP contribution is -2.35. The maximum atomic E-state index is 11.8. The molecule has 0 saturated heterocycles. The van der Waals surface area contributed by atoms with E-state index in [1.165, 1.54) is 60.4 Å². The van der Waals surface area contributed by atoms with Crippen LogP contribution < -0.4 is 5.43 Å². The van der Waals surface area contributed by atoms with Gasteiger partial charge in [0.2, 0.25) is 0 Å². The summed E-state index contributed by atoms with van der Waals surface area (Å²) in [6.45, 7) is 60.0. The van der Waals surface area contributed by atoms with Gasteiger partial charge in [0.05, 0.1) is 52.6 Å². The molecule has 0 saturated carbocycles. The number of thiazole rings is 1. The number of rotatable bonds is 2. The number of carbonyl (C=O) groups excluding carboxylic acids is 2. The zero-order valence-corrected chi connectivity index (χ0v) is 77.7. The number of H-pyrrole nitrogens is 3. The van der Waals surface area contributed by atoms with E-state index in [-0.39, 0.29) is 23.3 Å². The SMILES string of the molecule is CC(C)C.CC(C)C.CC(C)C.CC(C)C.CC(C)C.CC(C)C.CC(C)C.CC(C)C.CC(C)N1C(=O)c2ccccc2C1=O.CC(C)c1nccs1.Cn1ccc2ccccc21.O=c1ccoc2ccccc12.c1ccc2[nH]ccc2c1.c1ccc2occc2c1.c1ccc2sccc2c1.c1cn[nH]c1.c1cn[nH]n1.c1cnoc1. The second-order valence-corrected chi connectivity index (χ2v) is 34.2. The number of nitrogens with zero attached hydrogens (tertiary/aromatic N) is 7. The molecule has 16 rings (SSSR count). The number of thiophene rings is 1. The van der Waals surface area contributed by atoms with Gasteiger partial charge in [-0.3, -0.25) is 24.4 Å². The predicted molar refractivity (Wildman–Crippen MR) is 506 cm³/mol. The number of fused-ring (bicyclic) bond motifs is 6. The van der Waals surface area contributed by atoms with E-state index in [0.717, 1.165) is 58.3 Å². The molecule has 1 aliphatic rings. The van der Waals surface area contributed by atoms with E-state index in [9.17, 15) is 14.4 Å². The van der Waals surface area contributed by atoms with Crippen LogP contribution in [0.15, 0.2) is 285 Å². The molecule has 15 aromatic rings. The van der Waals surface area contributed by atoms with Gasteiger partial charge in [0.25, 0.3) is 11.8 Å². The molecule has 10 heterocycles. The summed E-state index contributed by atoms with van der Waals surface area (Å²) in [6, 6.07) is 60.2. The lowest BCUT2D eigenvalue weighted by atomic mass is 10.1. The Kier molecular flexibility index (Phi) is 62.7. The summed E-state index contributed by atoms with van der Waals surface area (Å²) in [5, 5.41) is 30.0. The third-order valence-electron chi connectivity index (χ3n) is 11.9. The number of amides is 2. The van der Waals surface area contributed by atoms with E-state index in [2.05, 4.69) is 327 Å². The zero-order valence-electron chi connectivity index (χ0n) is 76.1. The van der Waals surface area contributed by atoms with Gasteiger partial charge in [-0.2, -0.15) is 20.5 Å². The Balaban J connectivity index is 0. The third-order valence-corrected chi connectivity index (χ3v) is 13.9. The second kappa shape index (κ2) is 67.6. The first kappa shape index (κ1) is 108. The van der Waals surface area contributed by atoms with Crippen molar-refractivity contribution in [3.8, 4) is 0 Å². The number of hydrogen-bond donors (Lipinski definition) is 3. The monoisotopic (exact) mass is 1630 g/mol. The van der Waals surface area contributed by atoms with Crippen molar-refractivity contribution in [2.75, 3.05) is 0 Å². The Morgan fingerprint density at radius 2 is 0.846 bits per heavy atom. The highest BCUT2D eigenvalue weighted by Crippen LogP contribution is 2.24. The average molecular weight is 1630 g/mol. The van der Waals surface area contributed by atoms with Crippen molar-refractivity contribution >= 4 is 88.3 Å². The van der Waals surface area contributed by atoms with Gasteiger partial charge in [0.15, 0.2) is 5.43 Å². The van der Waals surface area contributed by atoms with E-state index in [1.54, 1.807) is 102 Å². The molecule has 0 aliphatic carbocycles. The first-order valence-electron chi connectivity index (χ1n) is 40.7. The summed E-state index contributed by atoms with van der Waals surface area (Å²) in [4.78, 5) is 43.2. The lowest BCUT2D eigenvalue weighted by molar-refractivity contribution is 0.0608. The molecule has 9 aromatic heterocycles. The fourth-order valence-electron chi connectivity index (χ4n) is 7.82. The molecular formula is C99H144N10O6S2. The number of para-hydroxylation sites is 4. The smallest absolute Gasteiger partial charge is 0.261 e. The van der Waals surface area contributed by atoms with Crippen LogP contribution >= 0.6 is 22.7 Å². The van der Waals surface area contributed by atoms with Crippen molar-refractivity contribution in [1.29, 1.82) is 0 Å². The van der Waals surface area contributed by atoms with Crippen LogP contribution in [-0.2, 0) is 7.05 Å². The topological polar surface area (TPSA) is 211 Å². The van der Waals surface area contributed by atoms with Crippen molar-refractivity contribution in [1.82, 2.24) is 50.2 Å². The number of hydrogen-bond acceptors (Lipinski definition) is 13. The van der Waals surface area contributed by atoms with Crippen molar-refractivity contribution in [2.45, 2.75) is 206 Å².